The molecule has 1 heterocycles. The molecule has 76 valence electrons. The predicted molar refractivity (Wildman–Crippen MR) is 57.5 cm³/mol. The van der Waals surface area contributed by atoms with Crippen molar-refractivity contribution in [2.45, 2.75) is 32.8 Å². The van der Waals surface area contributed by atoms with E-state index in [1.54, 1.807) is 0 Å². The first-order valence-corrected chi connectivity index (χ1v) is 3.65. The maximum atomic E-state index is 9.24. The van der Waals surface area contributed by atoms with Gasteiger partial charge in [-0.25, -0.2) is 0 Å². The smallest absolute Gasteiger partial charge is 0.423 e. The summed E-state index contributed by atoms with van der Waals surface area (Å²) in [6, 6.07) is 0.572. The van der Waals surface area contributed by atoms with E-state index in [1.165, 1.54) is 0 Å². The molecule has 0 aliphatic heterocycles. The van der Waals surface area contributed by atoms with Crippen molar-refractivity contribution in [3.05, 3.63) is 23.5 Å². The van der Waals surface area contributed by atoms with E-state index in [9.17, 15) is 10.0 Å². The maximum absolute atomic E-state index is 9.24. The first-order valence-electron chi connectivity index (χ1n) is 9.65. The quantitative estimate of drug-likeness (QED) is 0.710. The number of aryl methyl sites for hydroxylation is 1. The minimum atomic E-state index is -3.73. The summed E-state index contributed by atoms with van der Waals surface area (Å²) in [5.74, 6) is -3.59. The molecular weight excluding hydrogens is 177 g/mol. The van der Waals surface area contributed by atoms with E-state index in [0.717, 1.165) is 0 Å². The Kier molecular flexibility index (Phi) is 1.00. The van der Waals surface area contributed by atoms with Crippen LogP contribution in [0, 0.1) is 6.85 Å². The topological polar surface area (TPSA) is 53.4 Å². The van der Waals surface area contributed by atoms with Crippen LogP contribution in [0.4, 0.5) is 0 Å². The SMILES string of the molecule is [2H]C([2H])([2H])c1ncc(B(O)O)cc1C([2H])(C([2H])([2H])[2H])C([2H])([2H])C([2H])([2H])[2H]. The van der Waals surface area contributed by atoms with Crippen molar-refractivity contribution in [2.24, 2.45) is 0 Å². The van der Waals surface area contributed by atoms with E-state index in [4.69, 9.17) is 16.4 Å². The highest BCUT2D eigenvalue weighted by molar-refractivity contribution is 6.58. The summed E-state index contributed by atoms with van der Waals surface area (Å²) in [5, 5.41) is 18.5. The van der Waals surface area contributed by atoms with Gasteiger partial charge in [0.1, 0.15) is 0 Å². The Morgan fingerprint density at radius 2 is 2.64 bits per heavy atom. The summed E-state index contributed by atoms with van der Waals surface area (Å²) in [6.07, 6.45) is -3.02. The fourth-order valence-corrected chi connectivity index (χ4v) is 0.880. The summed E-state index contributed by atoms with van der Waals surface area (Å²) < 4.78 is 90.9. The average Bonchev–Trinajstić information content (AvgIpc) is 2.41. The fourth-order valence-electron chi connectivity index (χ4n) is 0.880. The fraction of sp³-hybridized carbons (Fsp3) is 0.500. The molecule has 0 aliphatic rings. The molecule has 1 aromatic rings. The highest BCUT2D eigenvalue weighted by atomic mass is 16.4. The second-order valence-electron chi connectivity index (χ2n) is 2.54. The lowest BCUT2D eigenvalue weighted by molar-refractivity contribution is 0.425. The van der Waals surface area contributed by atoms with E-state index in [2.05, 4.69) is 4.98 Å². The van der Waals surface area contributed by atoms with Crippen LogP contribution < -0.4 is 5.46 Å². The Bertz CT molecular complexity index is 667. The molecular formula is C10H16BNO2. The van der Waals surface area contributed by atoms with Crippen molar-refractivity contribution >= 4 is 12.6 Å². The van der Waals surface area contributed by atoms with E-state index in [-0.39, 0.29) is 0 Å². The molecule has 0 saturated heterocycles. The Labute approximate surface area is 102 Å². The molecule has 1 rings (SSSR count). The summed E-state index contributed by atoms with van der Waals surface area (Å²) >= 11 is 0. The van der Waals surface area contributed by atoms with Crippen LogP contribution >= 0.6 is 0 Å². The number of pyridine rings is 1. The second-order valence-corrected chi connectivity index (χ2v) is 2.54. The zero-order valence-electron chi connectivity index (χ0n) is 19.1. The van der Waals surface area contributed by atoms with Crippen molar-refractivity contribution in [1.82, 2.24) is 4.98 Å². The molecule has 4 heteroatoms. The van der Waals surface area contributed by atoms with Crippen molar-refractivity contribution in [2.75, 3.05) is 0 Å². The minimum Gasteiger partial charge on any atom is -0.423 e. The largest absolute Gasteiger partial charge is 0.490 e. The molecule has 3 nitrogen and oxygen atoms in total. The lowest BCUT2D eigenvalue weighted by Gasteiger charge is -2.13. The Morgan fingerprint density at radius 1 is 1.79 bits per heavy atom. The zero-order chi connectivity index (χ0) is 20.9. The van der Waals surface area contributed by atoms with E-state index < -0.39 is 56.7 Å². The van der Waals surface area contributed by atoms with Crippen LogP contribution in [-0.2, 0) is 0 Å². The van der Waals surface area contributed by atoms with Gasteiger partial charge in [-0.1, -0.05) is 19.8 Å². The van der Waals surface area contributed by atoms with Crippen LogP contribution in [-0.4, -0.2) is 22.2 Å². The Morgan fingerprint density at radius 3 is 3.21 bits per heavy atom. The van der Waals surface area contributed by atoms with Crippen LogP contribution in [0.25, 0.3) is 0 Å². The Balaban J connectivity index is 4.03. The van der Waals surface area contributed by atoms with Gasteiger partial charge in [-0.3, -0.25) is 4.98 Å². The van der Waals surface area contributed by atoms with Crippen molar-refractivity contribution in [3.8, 4) is 0 Å². The lowest BCUT2D eigenvalue weighted by atomic mass is 9.79. The molecule has 1 atom stereocenters. The summed E-state index contributed by atoms with van der Waals surface area (Å²) in [5.41, 5.74) is -2.61. The van der Waals surface area contributed by atoms with Gasteiger partial charge in [-0.05, 0) is 24.7 Å². The molecule has 1 unspecified atom stereocenters. The maximum Gasteiger partial charge on any atom is 0.490 e. The van der Waals surface area contributed by atoms with Crippen molar-refractivity contribution in [1.29, 1.82) is 0 Å². The third-order valence-electron chi connectivity index (χ3n) is 1.60. The molecule has 0 bridgehead atoms. The first-order chi connectivity index (χ1) is 11.3. The summed E-state index contributed by atoms with van der Waals surface area (Å²) in [6.45, 7) is -10.4. The predicted octanol–water partition coefficient (Wildman–Crippen LogP) is 0.583. The molecule has 1 aromatic heterocycles. The molecule has 0 fully saturated rings. The van der Waals surface area contributed by atoms with Crippen LogP contribution in [0.2, 0.25) is 0 Å². The molecule has 2 N–H and O–H groups in total. The summed E-state index contributed by atoms with van der Waals surface area (Å²) in [4.78, 5) is 3.44. The highest BCUT2D eigenvalue weighted by Crippen LogP contribution is 2.19. The molecule has 0 aliphatic carbocycles. The number of hydrogen-bond acceptors (Lipinski definition) is 3. The van der Waals surface area contributed by atoms with Gasteiger partial charge >= 0.3 is 7.12 Å². The van der Waals surface area contributed by atoms with Crippen LogP contribution in [0.15, 0.2) is 12.3 Å². The minimum absolute atomic E-state index is 0.518. The van der Waals surface area contributed by atoms with E-state index in [0.29, 0.717) is 12.3 Å². The third kappa shape index (κ3) is 2.33. The monoisotopic (exact) mass is 205 g/mol. The molecule has 0 amide bonds. The highest BCUT2D eigenvalue weighted by Gasteiger charge is 2.15. The van der Waals surface area contributed by atoms with Gasteiger partial charge < -0.3 is 10.0 Å². The molecule has 0 saturated carbocycles. The normalized spacial score (nSPS) is 31.3. The molecule has 0 radical (unpaired) electrons. The zero-order valence-corrected chi connectivity index (χ0v) is 7.07. The molecule has 0 aromatic carbocycles. The van der Waals surface area contributed by atoms with Gasteiger partial charge in [0.2, 0.25) is 0 Å². The van der Waals surface area contributed by atoms with Gasteiger partial charge in [-0.2, -0.15) is 0 Å². The van der Waals surface area contributed by atoms with E-state index >= 15 is 0 Å². The number of hydrogen-bond donors (Lipinski definition) is 2. The Hall–Kier alpha value is -0.865. The first kappa shape index (κ1) is 3.06. The lowest BCUT2D eigenvalue weighted by Crippen LogP contribution is -2.31. The number of rotatable bonds is 3. The van der Waals surface area contributed by atoms with Crippen LogP contribution in [0.3, 0.4) is 0 Å². The van der Waals surface area contributed by atoms with E-state index in [1.807, 2.05) is 0 Å². The van der Waals surface area contributed by atoms with Gasteiger partial charge in [0.25, 0.3) is 0 Å². The van der Waals surface area contributed by atoms with Crippen LogP contribution in [0.5, 0.6) is 0 Å². The van der Waals surface area contributed by atoms with Crippen molar-refractivity contribution in [3.63, 3.8) is 0 Å². The average molecular weight is 205 g/mol. The standard InChI is InChI=1S/C10H16BNO2/c1-4-7(2)10-5-9(11(13)14)6-12-8(10)3/h5-7,13-14H,4H2,1-3H3/i1D3,2D3,3D3,4D2,7D. The second kappa shape index (κ2) is 4.57. The van der Waals surface area contributed by atoms with Gasteiger partial charge in [-0.15, -0.1) is 0 Å². The van der Waals surface area contributed by atoms with Gasteiger partial charge in [0, 0.05) is 33.8 Å². The molecule has 0 spiro atoms. The van der Waals surface area contributed by atoms with Crippen molar-refractivity contribution < 1.29 is 26.5 Å². The number of nitrogens with zero attached hydrogens (tertiary/aromatic N) is 1. The summed E-state index contributed by atoms with van der Waals surface area (Å²) in [7, 11) is -2.23. The third-order valence-corrected chi connectivity index (χ3v) is 1.60. The van der Waals surface area contributed by atoms with Crippen LogP contribution in [0.1, 0.15) is 53.7 Å². The molecule has 14 heavy (non-hydrogen) atoms. The van der Waals surface area contributed by atoms with Gasteiger partial charge in [0.05, 0.1) is 0 Å². The van der Waals surface area contributed by atoms with Gasteiger partial charge in [0.15, 0.2) is 0 Å². The number of aromatic nitrogens is 1.